The van der Waals surface area contributed by atoms with Gasteiger partial charge in [0.15, 0.2) is 0 Å². The van der Waals surface area contributed by atoms with Crippen molar-refractivity contribution in [2.75, 3.05) is 11.9 Å². The topological polar surface area (TPSA) is 47.0 Å². The third-order valence-electron chi connectivity index (χ3n) is 3.15. The van der Waals surface area contributed by atoms with Crippen LogP contribution < -0.4 is 10.1 Å². The molecule has 0 radical (unpaired) electrons. The van der Waals surface area contributed by atoms with Gasteiger partial charge in [0.2, 0.25) is 0 Å². The van der Waals surface area contributed by atoms with Crippen molar-refractivity contribution in [1.82, 2.24) is 9.59 Å². The summed E-state index contributed by atoms with van der Waals surface area (Å²) in [5, 5.41) is 8.50. The van der Waals surface area contributed by atoms with Gasteiger partial charge in [0.1, 0.15) is 23.1 Å². The van der Waals surface area contributed by atoms with E-state index in [1.165, 1.54) is 17.1 Å². The Morgan fingerprint density at radius 2 is 2.00 bits per heavy atom. The lowest BCUT2D eigenvalue weighted by Gasteiger charge is -2.22. The fourth-order valence-electron chi connectivity index (χ4n) is 2.03. The van der Waals surface area contributed by atoms with Gasteiger partial charge in [0.05, 0.1) is 0 Å². The van der Waals surface area contributed by atoms with E-state index in [4.69, 9.17) is 4.74 Å². The van der Waals surface area contributed by atoms with E-state index in [-0.39, 0.29) is 5.41 Å². The summed E-state index contributed by atoms with van der Waals surface area (Å²) < 4.78 is 10.0. The Morgan fingerprint density at radius 3 is 2.71 bits per heavy atom. The second-order valence-electron chi connectivity index (χ2n) is 6.01. The number of para-hydroxylation sites is 1. The lowest BCUT2D eigenvalue weighted by Crippen LogP contribution is -2.13. The van der Waals surface area contributed by atoms with Crippen LogP contribution in [0.15, 0.2) is 24.3 Å². The maximum Gasteiger partial charge on any atom is 0.136 e. The second kappa shape index (κ2) is 6.89. The van der Waals surface area contributed by atoms with Crippen molar-refractivity contribution in [3.05, 3.63) is 35.5 Å². The van der Waals surface area contributed by atoms with Crippen LogP contribution in [0.3, 0.4) is 0 Å². The van der Waals surface area contributed by atoms with E-state index in [0.717, 1.165) is 29.4 Å². The zero-order valence-electron chi connectivity index (χ0n) is 13.1. The first kappa shape index (κ1) is 15.8. The van der Waals surface area contributed by atoms with Crippen LogP contribution in [-0.4, -0.2) is 16.1 Å². The van der Waals surface area contributed by atoms with Crippen molar-refractivity contribution in [2.45, 2.75) is 46.1 Å². The largest absolute Gasteiger partial charge is 0.487 e. The lowest BCUT2D eigenvalue weighted by atomic mass is 9.86. The van der Waals surface area contributed by atoms with Crippen molar-refractivity contribution in [1.29, 1.82) is 0 Å². The number of rotatable bonds is 6. The summed E-state index contributed by atoms with van der Waals surface area (Å²) in [6, 6.07) is 8.18. The van der Waals surface area contributed by atoms with Gasteiger partial charge in [-0.05, 0) is 23.5 Å². The van der Waals surface area contributed by atoms with E-state index in [2.05, 4.69) is 48.7 Å². The molecule has 0 amide bonds. The Labute approximate surface area is 130 Å². The van der Waals surface area contributed by atoms with E-state index in [1.54, 1.807) is 0 Å². The molecular formula is C16H23N3OS. The molecule has 2 rings (SSSR count). The Hall–Kier alpha value is -1.62. The maximum atomic E-state index is 5.99. The Morgan fingerprint density at radius 1 is 1.24 bits per heavy atom. The molecule has 0 aliphatic heterocycles. The molecule has 0 aliphatic rings. The Bertz CT molecular complexity index is 575. The summed E-state index contributed by atoms with van der Waals surface area (Å²) in [7, 11) is 0. The van der Waals surface area contributed by atoms with Gasteiger partial charge in [-0.1, -0.05) is 50.4 Å². The smallest absolute Gasteiger partial charge is 0.136 e. The minimum absolute atomic E-state index is 0.0558. The van der Waals surface area contributed by atoms with Crippen LogP contribution in [0, 0.1) is 0 Å². The van der Waals surface area contributed by atoms with Crippen molar-refractivity contribution in [2.24, 2.45) is 0 Å². The number of nitrogens with one attached hydrogen (secondary N) is 1. The first-order chi connectivity index (χ1) is 10.0. The van der Waals surface area contributed by atoms with Crippen LogP contribution >= 0.6 is 11.5 Å². The SMILES string of the molecule is CCCNc1snnc1COc1ccccc1C(C)(C)C. The number of hydrogen-bond donors (Lipinski definition) is 1. The van der Waals surface area contributed by atoms with E-state index < -0.39 is 0 Å². The minimum atomic E-state index is 0.0558. The molecular weight excluding hydrogens is 282 g/mol. The van der Waals surface area contributed by atoms with Gasteiger partial charge in [-0.15, -0.1) is 5.10 Å². The maximum absolute atomic E-state index is 5.99. The van der Waals surface area contributed by atoms with Crippen LogP contribution in [0.1, 0.15) is 45.4 Å². The van der Waals surface area contributed by atoms with Crippen molar-refractivity contribution in [3.63, 3.8) is 0 Å². The zero-order valence-corrected chi connectivity index (χ0v) is 14.0. The lowest BCUT2D eigenvalue weighted by molar-refractivity contribution is 0.293. The van der Waals surface area contributed by atoms with Gasteiger partial charge in [0.25, 0.3) is 0 Å². The number of nitrogens with zero attached hydrogens (tertiary/aromatic N) is 2. The highest BCUT2D eigenvalue weighted by molar-refractivity contribution is 7.10. The van der Waals surface area contributed by atoms with E-state index >= 15 is 0 Å². The first-order valence-corrected chi connectivity index (χ1v) is 8.07. The molecule has 0 saturated carbocycles. The first-order valence-electron chi connectivity index (χ1n) is 7.29. The summed E-state index contributed by atoms with van der Waals surface area (Å²) in [6.07, 6.45) is 1.07. The summed E-state index contributed by atoms with van der Waals surface area (Å²) in [4.78, 5) is 0. The number of aromatic nitrogens is 2. The van der Waals surface area contributed by atoms with Crippen LogP contribution in [-0.2, 0) is 12.0 Å². The molecule has 1 N–H and O–H groups in total. The van der Waals surface area contributed by atoms with Gasteiger partial charge in [-0.25, -0.2) is 0 Å². The Balaban J connectivity index is 2.09. The molecule has 4 nitrogen and oxygen atoms in total. The summed E-state index contributed by atoms with van der Waals surface area (Å²) in [5.74, 6) is 0.916. The third kappa shape index (κ3) is 4.17. The molecule has 0 aliphatic carbocycles. The van der Waals surface area contributed by atoms with Gasteiger partial charge < -0.3 is 10.1 Å². The molecule has 0 bridgehead atoms. The summed E-state index contributed by atoms with van der Waals surface area (Å²) in [6.45, 7) is 10.1. The van der Waals surface area contributed by atoms with Crippen LogP contribution in [0.5, 0.6) is 5.75 Å². The quantitative estimate of drug-likeness (QED) is 0.867. The molecule has 0 spiro atoms. The Kier molecular flexibility index (Phi) is 5.17. The highest BCUT2D eigenvalue weighted by atomic mass is 32.1. The monoisotopic (exact) mass is 305 g/mol. The molecule has 21 heavy (non-hydrogen) atoms. The highest BCUT2D eigenvalue weighted by Crippen LogP contribution is 2.31. The van der Waals surface area contributed by atoms with Crippen molar-refractivity contribution < 1.29 is 4.74 Å². The molecule has 0 fully saturated rings. The van der Waals surface area contributed by atoms with Gasteiger partial charge in [0, 0.05) is 18.1 Å². The van der Waals surface area contributed by atoms with Crippen LogP contribution in [0.2, 0.25) is 0 Å². The third-order valence-corrected chi connectivity index (χ3v) is 3.88. The summed E-state index contributed by atoms with van der Waals surface area (Å²) >= 11 is 1.38. The highest BCUT2D eigenvalue weighted by Gasteiger charge is 2.19. The molecule has 0 atom stereocenters. The second-order valence-corrected chi connectivity index (χ2v) is 6.76. The van der Waals surface area contributed by atoms with Crippen LogP contribution in [0.25, 0.3) is 0 Å². The predicted octanol–water partition coefficient (Wildman–Crippen LogP) is 4.24. The molecule has 1 aromatic carbocycles. The van der Waals surface area contributed by atoms with Gasteiger partial charge in [-0.2, -0.15) is 0 Å². The molecule has 114 valence electrons. The normalized spacial score (nSPS) is 11.4. The number of hydrogen-bond acceptors (Lipinski definition) is 5. The number of ether oxygens (including phenoxy) is 1. The van der Waals surface area contributed by atoms with Crippen LogP contribution in [0.4, 0.5) is 5.00 Å². The molecule has 2 aromatic rings. The fourth-order valence-corrected chi connectivity index (χ4v) is 2.63. The standard InChI is InChI=1S/C16H23N3OS/c1-5-10-17-15-13(18-19-21-15)11-20-14-9-7-6-8-12(14)16(2,3)4/h6-9,17H,5,10-11H2,1-4H3. The average Bonchev–Trinajstić information content (AvgIpc) is 2.89. The predicted molar refractivity (Wildman–Crippen MR) is 88.2 cm³/mol. The fraction of sp³-hybridized carbons (Fsp3) is 0.500. The van der Waals surface area contributed by atoms with Gasteiger partial charge >= 0.3 is 0 Å². The molecule has 0 saturated heterocycles. The minimum Gasteiger partial charge on any atom is -0.487 e. The summed E-state index contributed by atoms with van der Waals surface area (Å²) in [5.41, 5.74) is 2.13. The van der Waals surface area contributed by atoms with E-state index in [9.17, 15) is 0 Å². The van der Waals surface area contributed by atoms with E-state index in [0.29, 0.717) is 6.61 Å². The molecule has 5 heteroatoms. The zero-order chi connectivity index (χ0) is 15.3. The van der Waals surface area contributed by atoms with Crippen molar-refractivity contribution >= 4 is 16.5 Å². The van der Waals surface area contributed by atoms with Gasteiger partial charge in [-0.3, -0.25) is 0 Å². The van der Waals surface area contributed by atoms with Crippen molar-refractivity contribution in [3.8, 4) is 5.75 Å². The number of benzene rings is 1. The molecule has 0 unspecified atom stereocenters. The van der Waals surface area contributed by atoms with E-state index in [1.807, 2.05) is 18.2 Å². The molecule has 1 heterocycles. The number of anilines is 1. The molecule has 1 aromatic heterocycles. The average molecular weight is 305 g/mol.